The molecule has 2 N–H and O–H groups in total. The molecule has 13 heavy (non-hydrogen) atoms. The number of rotatable bonds is 1. The van der Waals surface area contributed by atoms with Gasteiger partial charge >= 0.3 is 0 Å². The molecule has 0 aliphatic heterocycles. The Balaban J connectivity index is 3.31. The lowest BCUT2D eigenvalue weighted by Crippen LogP contribution is -2.02. The van der Waals surface area contributed by atoms with E-state index in [1.165, 1.54) is 6.07 Å². The summed E-state index contributed by atoms with van der Waals surface area (Å²) in [6.07, 6.45) is -2.66. The average Bonchev–Trinajstić information content (AvgIpc) is 2.07. The second-order valence-corrected chi connectivity index (χ2v) is 3.37. The molecular weight excluding hydrogens is 291 g/mol. The number of pyridine rings is 1. The Labute approximate surface area is 86.7 Å². The van der Waals surface area contributed by atoms with E-state index in [9.17, 15) is 8.78 Å². The van der Waals surface area contributed by atoms with E-state index in [0.29, 0.717) is 3.57 Å². The van der Waals surface area contributed by atoms with Gasteiger partial charge in [-0.1, -0.05) is 0 Å². The lowest BCUT2D eigenvalue weighted by Gasteiger charge is -2.04. The van der Waals surface area contributed by atoms with Crippen LogP contribution >= 0.6 is 22.6 Å². The fourth-order valence-electron chi connectivity index (χ4n) is 0.770. The highest BCUT2D eigenvalue weighted by atomic mass is 127. The smallest absolute Gasteiger partial charge is 0.267 e. The summed E-state index contributed by atoms with van der Waals surface area (Å²) in [6, 6.07) is 2.93. The second kappa shape index (κ2) is 3.83. The van der Waals surface area contributed by atoms with Gasteiger partial charge in [-0.05, 0) is 28.7 Å². The highest BCUT2D eigenvalue weighted by Gasteiger charge is 2.15. The first-order valence-electron chi connectivity index (χ1n) is 3.20. The Bertz CT molecular complexity index is 373. The van der Waals surface area contributed by atoms with Crippen molar-refractivity contribution in [3.63, 3.8) is 0 Å². The van der Waals surface area contributed by atoms with Crippen LogP contribution in [0.5, 0.6) is 0 Å². The number of alkyl halides is 2. The van der Waals surface area contributed by atoms with Crippen molar-refractivity contribution < 1.29 is 8.78 Å². The summed E-state index contributed by atoms with van der Waals surface area (Å²) < 4.78 is 24.9. The second-order valence-electron chi connectivity index (χ2n) is 2.21. The lowest BCUT2D eigenvalue weighted by atomic mass is 10.2. The third-order valence-electron chi connectivity index (χ3n) is 1.38. The van der Waals surface area contributed by atoms with Crippen molar-refractivity contribution in [2.75, 3.05) is 5.73 Å². The molecule has 0 amide bonds. The van der Waals surface area contributed by atoms with Gasteiger partial charge in [-0.15, -0.1) is 0 Å². The first-order valence-corrected chi connectivity index (χ1v) is 4.28. The van der Waals surface area contributed by atoms with Crippen LogP contribution in [-0.4, -0.2) is 4.98 Å². The predicted octanol–water partition coefficient (Wildman–Crippen LogP) is 2.08. The number of hydrogen-bond donors (Lipinski definition) is 1. The fourth-order valence-corrected chi connectivity index (χ4v) is 1.35. The minimum Gasteiger partial charge on any atom is -0.383 e. The molecule has 1 aromatic heterocycles. The molecule has 6 heteroatoms. The van der Waals surface area contributed by atoms with Crippen molar-refractivity contribution in [2.45, 2.75) is 6.43 Å². The van der Waals surface area contributed by atoms with E-state index in [1.54, 1.807) is 28.7 Å². The van der Waals surface area contributed by atoms with Gasteiger partial charge in [0.1, 0.15) is 11.9 Å². The van der Waals surface area contributed by atoms with Gasteiger partial charge in [-0.2, -0.15) is 5.26 Å². The van der Waals surface area contributed by atoms with Gasteiger partial charge in [0.25, 0.3) is 6.43 Å². The van der Waals surface area contributed by atoms with Crippen molar-refractivity contribution in [1.82, 2.24) is 4.98 Å². The van der Waals surface area contributed by atoms with E-state index in [4.69, 9.17) is 11.0 Å². The van der Waals surface area contributed by atoms with Gasteiger partial charge in [-0.25, -0.2) is 13.8 Å². The zero-order chi connectivity index (χ0) is 10.0. The molecule has 0 aliphatic rings. The molecule has 0 atom stereocenters. The summed E-state index contributed by atoms with van der Waals surface area (Å²) in [4.78, 5) is 3.54. The molecule has 0 fully saturated rings. The Kier molecular flexibility index (Phi) is 2.98. The van der Waals surface area contributed by atoms with E-state index in [0.717, 1.165) is 0 Å². The maximum Gasteiger partial charge on any atom is 0.267 e. The summed E-state index contributed by atoms with van der Waals surface area (Å²) in [5, 5.41) is 8.51. The van der Waals surface area contributed by atoms with Crippen LogP contribution in [-0.2, 0) is 0 Å². The van der Waals surface area contributed by atoms with Crippen LogP contribution in [0.3, 0.4) is 0 Å². The summed E-state index contributed by atoms with van der Waals surface area (Å²) in [6.45, 7) is 0. The number of aromatic nitrogens is 1. The van der Waals surface area contributed by atoms with E-state index in [-0.39, 0.29) is 17.1 Å². The number of nitriles is 1. The topological polar surface area (TPSA) is 62.7 Å². The highest BCUT2D eigenvalue weighted by Crippen LogP contribution is 2.26. The molecular formula is C7H4F2IN3. The minimum atomic E-state index is -2.66. The number of anilines is 1. The first kappa shape index (κ1) is 10.1. The summed E-state index contributed by atoms with van der Waals surface area (Å²) in [7, 11) is 0. The quantitative estimate of drug-likeness (QED) is 0.807. The zero-order valence-electron chi connectivity index (χ0n) is 6.26. The predicted molar refractivity (Wildman–Crippen MR) is 51.0 cm³/mol. The minimum absolute atomic E-state index is 0.0718. The van der Waals surface area contributed by atoms with Crippen molar-refractivity contribution in [3.8, 4) is 6.07 Å². The van der Waals surface area contributed by atoms with E-state index >= 15 is 0 Å². The van der Waals surface area contributed by atoms with Crippen molar-refractivity contribution in [1.29, 1.82) is 5.26 Å². The summed E-state index contributed by atoms with van der Waals surface area (Å²) >= 11 is 1.76. The molecule has 3 nitrogen and oxygen atoms in total. The number of nitrogens with two attached hydrogens (primary N) is 1. The largest absolute Gasteiger partial charge is 0.383 e. The molecule has 0 bridgehead atoms. The van der Waals surface area contributed by atoms with Gasteiger partial charge in [-0.3, -0.25) is 0 Å². The third kappa shape index (κ3) is 2.03. The van der Waals surface area contributed by atoms with Crippen molar-refractivity contribution >= 4 is 28.4 Å². The molecule has 0 unspecified atom stereocenters. The molecule has 1 heterocycles. The molecule has 0 spiro atoms. The van der Waals surface area contributed by atoms with Crippen molar-refractivity contribution in [3.05, 3.63) is 20.9 Å². The molecule has 1 aromatic rings. The van der Waals surface area contributed by atoms with Crippen LogP contribution in [0.4, 0.5) is 14.6 Å². The Morgan fingerprint density at radius 3 is 2.69 bits per heavy atom. The number of nitrogen functional groups attached to an aromatic ring is 1. The average molecular weight is 295 g/mol. The Hall–Kier alpha value is -0.970. The number of hydrogen-bond acceptors (Lipinski definition) is 3. The molecule has 0 saturated carbocycles. The van der Waals surface area contributed by atoms with Crippen LogP contribution in [0.1, 0.15) is 17.7 Å². The zero-order valence-corrected chi connectivity index (χ0v) is 8.42. The maximum absolute atomic E-state index is 12.2. The van der Waals surface area contributed by atoms with Gasteiger partial charge < -0.3 is 5.73 Å². The number of halogens is 3. The van der Waals surface area contributed by atoms with E-state index in [2.05, 4.69) is 4.98 Å². The Morgan fingerprint density at radius 2 is 2.23 bits per heavy atom. The van der Waals surface area contributed by atoms with Gasteiger partial charge in [0, 0.05) is 0 Å². The van der Waals surface area contributed by atoms with Gasteiger partial charge in [0.15, 0.2) is 5.69 Å². The number of nitrogens with zero attached hydrogens (tertiary/aromatic N) is 2. The van der Waals surface area contributed by atoms with Gasteiger partial charge in [0.2, 0.25) is 0 Å². The molecule has 0 saturated heterocycles. The maximum atomic E-state index is 12.2. The summed E-state index contributed by atoms with van der Waals surface area (Å²) in [5.41, 5.74) is 4.96. The van der Waals surface area contributed by atoms with Crippen LogP contribution in [0.25, 0.3) is 0 Å². The first-order chi connectivity index (χ1) is 6.06. The van der Waals surface area contributed by atoms with Crippen molar-refractivity contribution in [2.24, 2.45) is 0 Å². The molecule has 68 valence electrons. The monoisotopic (exact) mass is 295 g/mol. The lowest BCUT2D eigenvalue weighted by molar-refractivity contribution is 0.152. The summed E-state index contributed by atoms with van der Waals surface area (Å²) in [5.74, 6) is -0.285. The molecule has 0 radical (unpaired) electrons. The standard InChI is InChI=1S/C7H4F2IN3/c8-6(9)3-1-4(10)5(2-11)13-7(3)12/h1,6H,(H2,12,13). The van der Waals surface area contributed by atoms with Crippen LogP contribution in [0, 0.1) is 14.9 Å². The normalized spacial score (nSPS) is 10.1. The van der Waals surface area contributed by atoms with Crippen LogP contribution in [0.15, 0.2) is 6.07 Å². The molecule has 0 aliphatic carbocycles. The third-order valence-corrected chi connectivity index (χ3v) is 2.20. The fraction of sp³-hybridized carbons (Fsp3) is 0.143. The SMILES string of the molecule is N#Cc1nc(N)c(C(F)F)cc1I. The van der Waals surface area contributed by atoms with Gasteiger partial charge in [0.05, 0.1) is 9.13 Å². The Morgan fingerprint density at radius 1 is 1.62 bits per heavy atom. The van der Waals surface area contributed by atoms with E-state index < -0.39 is 6.43 Å². The van der Waals surface area contributed by atoms with Crippen LogP contribution in [0.2, 0.25) is 0 Å². The highest BCUT2D eigenvalue weighted by molar-refractivity contribution is 14.1. The van der Waals surface area contributed by atoms with Crippen LogP contribution < -0.4 is 5.73 Å². The molecule has 0 aromatic carbocycles. The molecule has 1 rings (SSSR count). The van der Waals surface area contributed by atoms with E-state index in [1.807, 2.05) is 0 Å².